The van der Waals surface area contributed by atoms with Gasteiger partial charge < -0.3 is 10.2 Å². The van der Waals surface area contributed by atoms with Crippen LogP contribution in [0.25, 0.3) is 0 Å². The Morgan fingerprint density at radius 3 is 2.50 bits per heavy atom. The van der Waals surface area contributed by atoms with Gasteiger partial charge in [-0.05, 0) is 13.3 Å². The fourth-order valence-electron chi connectivity index (χ4n) is 1.31. The number of alkyl halides is 3. The lowest BCUT2D eigenvalue weighted by molar-refractivity contribution is -0.154. The number of hydrogen-bond acceptors (Lipinski definition) is 5. The van der Waals surface area contributed by atoms with Crippen LogP contribution >= 0.6 is 0 Å². The van der Waals surface area contributed by atoms with Crippen molar-refractivity contribution in [2.24, 2.45) is 5.84 Å². The fourth-order valence-corrected chi connectivity index (χ4v) is 1.31. The van der Waals surface area contributed by atoms with E-state index < -0.39 is 12.8 Å². The van der Waals surface area contributed by atoms with Crippen LogP contribution in [0.4, 0.5) is 19.0 Å². The summed E-state index contributed by atoms with van der Waals surface area (Å²) in [6, 6.07) is 0. The summed E-state index contributed by atoms with van der Waals surface area (Å²) >= 11 is 0. The molecule has 1 rings (SSSR count). The average molecular weight is 264 g/mol. The molecule has 0 aromatic carbocycles. The van der Waals surface area contributed by atoms with E-state index >= 15 is 0 Å². The highest BCUT2D eigenvalue weighted by Gasteiger charge is 2.29. The van der Waals surface area contributed by atoms with E-state index in [2.05, 4.69) is 20.1 Å². The molecule has 8 heteroatoms. The number of halogens is 3. The number of rotatable bonds is 5. The van der Waals surface area contributed by atoms with E-state index in [0.29, 0.717) is 17.8 Å². The van der Waals surface area contributed by atoms with Crippen molar-refractivity contribution in [1.29, 1.82) is 0 Å². The molecule has 0 fully saturated rings. The average Bonchev–Trinajstić information content (AvgIpc) is 2.28. The lowest BCUT2D eigenvalue weighted by atomic mass is 10.3. The Bertz CT molecular complexity index is 409. The monoisotopic (exact) mass is 264 g/mol. The summed E-state index contributed by atoms with van der Waals surface area (Å²) in [5, 5.41) is 0. The normalized spacial score (nSPS) is 11.4. The Morgan fingerprint density at radius 2 is 2.00 bits per heavy atom. The predicted octanol–water partition coefficient (Wildman–Crippen LogP) is 1.96. The number of hydrazine groups is 1. The summed E-state index contributed by atoms with van der Waals surface area (Å²) < 4.78 is 40.9. The fraction of sp³-hybridized carbons (Fsp3) is 0.600. The second kappa shape index (κ2) is 5.85. The smallest absolute Gasteiger partial charge is 0.422 e. The van der Waals surface area contributed by atoms with Crippen LogP contribution in [-0.2, 0) is 6.42 Å². The van der Waals surface area contributed by atoms with Gasteiger partial charge >= 0.3 is 6.18 Å². The maximum absolute atomic E-state index is 12.1. The Hall–Kier alpha value is -1.57. The molecule has 0 unspecified atom stereocenters. The van der Waals surface area contributed by atoms with Crippen LogP contribution in [0.15, 0.2) is 0 Å². The molecule has 0 radical (unpaired) electrons. The summed E-state index contributed by atoms with van der Waals surface area (Å²) in [6.45, 7) is 2.06. The van der Waals surface area contributed by atoms with E-state index in [4.69, 9.17) is 5.84 Å². The molecule has 1 aromatic heterocycles. The molecule has 1 aromatic rings. The molecule has 0 aliphatic rings. The minimum atomic E-state index is -4.40. The zero-order chi connectivity index (χ0) is 13.8. The third kappa shape index (κ3) is 4.02. The van der Waals surface area contributed by atoms with E-state index in [9.17, 15) is 13.2 Å². The van der Waals surface area contributed by atoms with Crippen LogP contribution in [0, 0.1) is 6.92 Å². The molecule has 3 N–H and O–H groups in total. The highest BCUT2D eigenvalue weighted by Crippen LogP contribution is 2.24. The molecular weight excluding hydrogens is 249 g/mol. The van der Waals surface area contributed by atoms with Crippen molar-refractivity contribution in [2.45, 2.75) is 32.9 Å². The van der Waals surface area contributed by atoms with Gasteiger partial charge in [-0.15, -0.1) is 0 Å². The van der Waals surface area contributed by atoms with E-state index in [0.717, 1.165) is 6.42 Å². The van der Waals surface area contributed by atoms with E-state index in [1.54, 1.807) is 0 Å². The van der Waals surface area contributed by atoms with Crippen molar-refractivity contribution < 1.29 is 17.9 Å². The highest BCUT2D eigenvalue weighted by molar-refractivity contribution is 5.47. The first-order chi connectivity index (χ1) is 8.37. The van der Waals surface area contributed by atoms with Crippen molar-refractivity contribution in [2.75, 3.05) is 12.0 Å². The Balaban J connectivity index is 2.97. The van der Waals surface area contributed by atoms with Gasteiger partial charge in [0.25, 0.3) is 0 Å². The number of nitrogens with zero attached hydrogens (tertiary/aromatic N) is 2. The first kappa shape index (κ1) is 14.5. The largest absolute Gasteiger partial charge is 0.468 e. The third-order valence-corrected chi connectivity index (χ3v) is 2.13. The van der Waals surface area contributed by atoms with Gasteiger partial charge in [0.15, 0.2) is 6.61 Å². The van der Waals surface area contributed by atoms with Gasteiger partial charge in [-0.3, -0.25) is 0 Å². The zero-order valence-corrected chi connectivity index (χ0v) is 10.1. The van der Waals surface area contributed by atoms with E-state index in [1.807, 2.05) is 6.92 Å². The second-order valence-corrected chi connectivity index (χ2v) is 3.72. The molecule has 5 nitrogen and oxygen atoms in total. The number of aryl methyl sites for hydroxylation is 1. The standard InChI is InChI=1S/C10H15F3N4O/c1-3-4-7-15-8(17-14)6(2)9(16-7)18-5-10(11,12)13/h3-5,14H2,1-2H3,(H,15,16,17). The SMILES string of the molecule is CCCc1nc(NN)c(C)c(OCC(F)(F)F)n1. The van der Waals surface area contributed by atoms with Gasteiger partial charge in [-0.25, -0.2) is 10.8 Å². The topological polar surface area (TPSA) is 73.1 Å². The van der Waals surface area contributed by atoms with Crippen LogP contribution in [0.2, 0.25) is 0 Å². The number of nitrogens with one attached hydrogen (secondary N) is 1. The molecule has 0 saturated heterocycles. The van der Waals surface area contributed by atoms with Gasteiger partial charge in [0.1, 0.15) is 11.6 Å². The third-order valence-electron chi connectivity index (χ3n) is 2.13. The van der Waals surface area contributed by atoms with Gasteiger partial charge in [0, 0.05) is 6.42 Å². The molecule has 0 bridgehead atoms. The quantitative estimate of drug-likeness (QED) is 0.628. The Kier molecular flexibility index (Phi) is 4.71. The second-order valence-electron chi connectivity index (χ2n) is 3.72. The number of nitrogen functional groups attached to an aromatic ring is 1. The lowest BCUT2D eigenvalue weighted by Crippen LogP contribution is -2.21. The Morgan fingerprint density at radius 1 is 1.33 bits per heavy atom. The van der Waals surface area contributed by atoms with Gasteiger partial charge in [0.2, 0.25) is 5.88 Å². The number of nitrogens with two attached hydrogens (primary N) is 1. The number of hydrogen-bond donors (Lipinski definition) is 2. The first-order valence-corrected chi connectivity index (χ1v) is 5.41. The summed E-state index contributed by atoms with van der Waals surface area (Å²) in [5.74, 6) is 5.82. The maximum atomic E-state index is 12.1. The first-order valence-electron chi connectivity index (χ1n) is 5.41. The molecule has 18 heavy (non-hydrogen) atoms. The van der Waals surface area contributed by atoms with Crippen molar-refractivity contribution in [3.63, 3.8) is 0 Å². The molecular formula is C10H15F3N4O. The number of aromatic nitrogens is 2. The van der Waals surface area contributed by atoms with E-state index in [-0.39, 0.29) is 11.7 Å². The van der Waals surface area contributed by atoms with Crippen LogP contribution in [-0.4, -0.2) is 22.8 Å². The molecule has 1 heterocycles. The lowest BCUT2D eigenvalue weighted by Gasteiger charge is -2.13. The summed E-state index contributed by atoms with van der Waals surface area (Å²) in [7, 11) is 0. The van der Waals surface area contributed by atoms with Crippen molar-refractivity contribution in [1.82, 2.24) is 9.97 Å². The Labute approximate surface area is 103 Å². The summed E-state index contributed by atoms with van der Waals surface area (Å²) in [5.41, 5.74) is 2.67. The van der Waals surface area contributed by atoms with Gasteiger partial charge in [-0.2, -0.15) is 18.2 Å². The molecule has 0 amide bonds. The van der Waals surface area contributed by atoms with Crippen LogP contribution < -0.4 is 16.0 Å². The molecule has 0 atom stereocenters. The van der Waals surface area contributed by atoms with Crippen molar-refractivity contribution in [3.8, 4) is 5.88 Å². The molecule has 0 aliphatic heterocycles. The van der Waals surface area contributed by atoms with Crippen molar-refractivity contribution in [3.05, 3.63) is 11.4 Å². The number of ether oxygens (including phenoxy) is 1. The van der Waals surface area contributed by atoms with Crippen LogP contribution in [0.3, 0.4) is 0 Å². The van der Waals surface area contributed by atoms with Gasteiger partial charge in [-0.1, -0.05) is 6.92 Å². The minimum absolute atomic E-state index is 0.0984. The van der Waals surface area contributed by atoms with Crippen LogP contribution in [0.1, 0.15) is 24.7 Å². The predicted molar refractivity (Wildman–Crippen MR) is 60.1 cm³/mol. The minimum Gasteiger partial charge on any atom is -0.468 e. The molecule has 0 spiro atoms. The van der Waals surface area contributed by atoms with Gasteiger partial charge in [0.05, 0.1) is 5.56 Å². The number of anilines is 1. The summed E-state index contributed by atoms with van der Waals surface area (Å²) in [4.78, 5) is 8.02. The van der Waals surface area contributed by atoms with E-state index in [1.165, 1.54) is 6.92 Å². The zero-order valence-electron chi connectivity index (χ0n) is 10.1. The molecule has 0 saturated carbocycles. The van der Waals surface area contributed by atoms with Crippen molar-refractivity contribution >= 4 is 5.82 Å². The van der Waals surface area contributed by atoms with Crippen LogP contribution in [0.5, 0.6) is 5.88 Å². The molecule has 0 aliphatic carbocycles. The highest BCUT2D eigenvalue weighted by atomic mass is 19.4. The summed E-state index contributed by atoms with van der Waals surface area (Å²) in [6.07, 6.45) is -3.10. The maximum Gasteiger partial charge on any atom is 0.422 e. The molecule has 102 valence electrons.